The van der Waals surface area contributed by atoms with Crippen LogP contribution in [0.3, 0.4) is 0 Å². The average molecular weight is 291 g/mol. The van der Waals surface area contributed by atoms with Gasteiger partial charge in [0, 0.05) is 6.54 Å². The van der Waals surface area contributed by atoms with Crippen LogP contribution >= 0.6 is 0 Å². The maximum Gasteiger partial charge on any atom is 0.226 e. The van der Waals surface area contributed by atoms with Gasteiger partial charge in [-0.1, -0.05) is 13.3 Å². The summed E-state index contributed by atoms with van der Waals surface area (Å²) < 4.78 is 24.8. The van der Waals surface area contributed by atoms with Crippen LogP contribution in [0.2, 0.25) is 0 Å². The molecule has 0 bridgehead atoms. The molecule has 1 aliphatic rings. The van der Waals surface area contributed by atoms with E-state index in [9.17, 15) is 13.2 Å². The Morgan fingerprint density at radius 2 is 1.95 bits per heavy atom. The summed E-state index contributed by atoms with van der Waals surface area (Å²) in [7, 11) is -1.88. The van der Waals surface area contributed by atoms with Crippen LogP contribution in [0.25, 0.3) is 0 Å². The first-order valence-electron chi connectivity index (χ1n) is 6.86. The van der Waals surface area contributed by atoms with E-state index in [-0.39, 0.29) is 23.6 Å². The van der Waals surface area contributed by atoms with Crippen LogP contribution in [-0.4, -0.2) is 46.8 Å². The first kappa shape index (κ1) is 16.4. The van der Waals surface area contributed by atoms with Crippen LogP contribution in [0, 0.1) is 5.41 Å². The van der Waals surface area contributed by atoms with Gasteiger partial charge in [-0.3, -0.25) is 4.79 Å². The highest BCUT2D eigenvalue weighted by Crippen LogP contribution is 2.34. The molecule has 0 atom stereocenters. The van der Waals surface area contributed by atoms with E-state index in [1.54, 1.807) is 0 Å². The lowest BCUT2D eigenvalue weighted by atomic mass is 9.74. The van der Waals surface area contributed by atoms with E-state index in [0.717, 1.165) is 38.8 Å². The highest BCUT2D eigenvalue weighted by molar-refractivity contribution is 7.89. The lowest BCUT2D eigenvalue weighted by Crippen LogP contribution is -2.48. The van der Waals surface area contributed by atoms with Gasteiger partial charge < -0.3 is 10.6 Å². The summed E-state index contributed by atoms with van der Waals surface area (Å²) in [6.07, 6.45) is 3.47. The van der Waals surface area contributed by atoms with Crippen molar-refractivity contribution in [3.05, 3.63) is 0 Å². The molecule has 7 heteroatoms. The molecule has 0 aromatic carbocycles. The van der Waals surface area contributed by atoms with Crippen LogP contribution in [0.5, 0.6) is 0 Å². The molecule has 0 aromatic rings. The Labute approximate surface area is 115 Å². The molecule has 1 amide bonds. The molecule has 0 aromatic heterocycles. The quantitative estimate of drug-likeness (QED) is 0.607. The molecule has 0 unspecified atom stereocenters. The number of piperidine rings is 1. The monoisotopic (exact) mass is 291 g/mol. The molecule has 0 radical (unpaired) electrons. The standard InChI is InChI=1S/C12H25N3O3S/c1-3-4-12(5-7-14-8-6-12)11(16)15-9-10-19(17,18)13-2/h13-14H,3-10H2,1-2H3,(H,15,16). The molecule has 112 valence electrons. The smallest absolute Gasteiger partial charge is 0.226 e. The molecule has 1 saturated heterocycles. The van der Waals surface area contributed by atoms with Crippen molar-refractivity contribution in [2.45, 2.75) is 32.6 Å². The fourth-order valence-corrected chi connectivity index (χ4v) is 3.14. The number of amides is 1. The van der Waals surface area contributed by atoms with Gasteiger partial charge in [-0.25, -0.2) is 13.1 Å². The number of hydrogen-bond donors (Lipinski definition) is 3. The van der Waals surface area contributed by atoms with Gasteiger partial charge in [0.2, 0.25) is 15.9 Å². The lowest BCUT2D eigenvalue weighted by molar-refractivity contribution is -0.133. The normalized spacial score (nSPS) is 19.1. The molecule has 3 N–H and O–H groups in total. The van der Waals surface area contributed by atoms with E-state index >= 15 is 0 Å². The Balaban J connectivity index is 2.53. The molecular weight excluding hydrogens is 266 g/mol. The maximum atomic E-state index is 12.3. The van der Waals surface area contributed by atoms with E-state index in [0.29, 0.717) is 0 Å². The summed E-state index contributed by atoms with van der Waals surface area (Å²) in [4.78, 5) is 12.3. The minimum absolute atomic E-state index is 0.00199. The second kappa shape index (κ2) is 7.21. The number of carbonyl (C=O) groups excluding carboxylic acids is 1. The van der Waals surface area contributed by atoms with Crippen LogP contribution < -0.4 is 15.4 Å². The Hall–Kier alpha value is -0.660. The summed E-state index contributed by atoms with van der Waals surface area (Å²) in [6, 6.07) is 0. The van der Waals surface area contributed by atoms with Crippen molar-refractivity contribution in [3.8, 4) is 0 Å². The van der Waals surface area contributed by atoms with Crippen molar-refractivity contribution in [1.82, 2.24) is 15.4 Å². The molecule has 1 heterocycles. The largest absolute Gasteiger partial charge is 0.355 e. The first-order chi connectivity index (χ1) is 8.96. The van der Waals surface area contributed by atoms with Crippen LogP contribution in [0.15, 0.2) is 0 Å². The van der Waals surface area contributed by atoms with Crippen molar-refractivity contribution in [1.29, 1.82) is 0 Å². The summed E-state index contributed by atoms with van der Waals surface area (Å²) in [5, 5.41) is 6.04. The molecule has 19 heavy (non-hydrogen) atoms. The van der Waals surface area contributed by atoms with Crippen molar-refractivity contribution >= 4 is 15.9 Å². The van der Waals surface area contributed by atoms with E-state index in [1.165, 1.54) is 7.05 Å². The van der Waals surface area contributed by atoms with Gasteiger partial charge in [-0.05, 0) is 39.4 Å². The predicted octanol–water partition coefficient (Wildman–Crippen LogP) is -0.178. The summed E-state index contributed by atoms with van der Waals surface area (Å²) >= 11 is 0. The van der Waals surface area contributed by atoms with E-state index in [1.807, 2.05) is 0 Å². The number of carbonyl (C=O) groups is 1. The number of hydrogen-bond acceptors (Lipinski definition) is 4. The molecule has 0 saturated carbocycles. The Kier molecular flexibility index (Phi) is 6.22. The molecule has 0 spiro atoms. The summed E-state index contributed by atoms with van der Waals surface area (Å²) in [5.41, 5.74) is -0.316. The van der Waals surface area contributed by atoms with Gasteiger partial charge in [0.25, 0.3) is 0 Å². The van der Waals surface area contributed by atoms with Crippen LogP contribution in [0.1, 0.15) is 32.6 Å². The van der Waals surface area contributed by atoms with Crippen LogP contribution in [0.4, 0.5) is 0 Å². The first-order valence-corrected chi connectivity index (χ1v) is 8.51. The van der Waals surface area contributed by atoms with E-state index in [2.05, 4.69) is 22.3 Å². The second-order valence-corrected chi connectivity index (χ2v) is 7.11. The van der Waals surface area contributed by atoms with Crippen molar-refractivity contribution in [2.24, 2.45) is 5.41 Å². The van der Waals surface area contributed by atoms with Gasteiger partial charge in [0.1, 0.15) is 0 Å². The fraction of sp³-hybridized carbons (Fsp3) is 0.917. The number of rotatable bonds is 7. The SMILES string of the molecule is CCCC1(C(=O)NCCS(=O)(=O)NC)CCNCC1. The summed E-state index contributed by atoms with van der Waals surface area (Å²) in [5.74, 6) is -0.0717. The molecule has 1 rings (SSSR count). The predicted molar refractivity (Wildman–Crippen MR) is 75.3 cm³/mol. The third-order valence-electron chi connectivity index (χ3n) is 3.74. The molecule has 1 aliphatic heterocycles. The summed E-state index contributed by atoms with van der Waals surface area (Å²) in [6.45, 7) is 3.94. The van der Waals surface area contributed by atoms with Gasteiger partial charge in [0.15, 0.2) is 0 Å². The minimum Gasteiger partial charge on any atom is -0.355 e. The fourth-order valence-electron chi connectivity index (χ4n) is 2.56. The third kappa shape index (κ3) is 4.74. The molecule has 6 nitrogen and oxygen atoms in total. The topological polar surface area (TPSA) is 87.3 Å². The average Bonchev–Trinajstić information content (AvgIpc) is 2.40. The highest BCUT2D eigenvalue weighted by atomic mass is 32.2. The van der Waals surface area contributed by atoms with Crippen molar-refractivity contribution in [2.75, 3.05) is 32.4 Å². The zero-order valence-corrected chi connectivity index (χ0v) is 12.6. The number of nitrogens with one attached hydrogen (secondary N) is 3. The van der Waals surface area contributed by atoms with Gasteiger partial charge >= 0.3 is 0 Å². The Morgan fingerprint density at radius 3 is 2.47 bits per heavy atom. The minimum atomic E-state index is -3.26. The van der Waals surface area contributed by atoms with E-state index in [4.69, 9.17) is 0 Å². The van der Waals surface area contributed by atoms with E-state index < -0.39 is 10.0 Å². The third-order valence-corrected chi connectivity index (χ3v) is 5.10. The van der Waals surface area contributed by atoms with Crippen molar-refractivity contribution in [3.63, 3.8) is 0 Å². The zero-order valence-electron chi connectivity index (χ0n) is 11.8. The Bertz CT molecular complexity index is 384. The van der Waals surface area contributed by atoms with Gasteiger partial charge in [0.05, 0.1) is 11.2 Å². The van der Waals surface area contributed by atoms with Gasteiger partial charge in [-0.15, -0.1) is 0 Å². The van der Waals surface area contributed by atoms with Gasteiger partial charge in [-0.2, -0.15) is 0 Å². The van der Waals surface area contributed by atoms with Crippen LogP contribution in [-0.2, 0) is 14.8 Å². The molecular formula is C12H25N3O3S. The number of sulfonamides is 1. The van der Waals surface area contributed by atoms with Crippen molar-refractivity contribution < 1.29 is 13.2 Å². The zero-order chi connectivity index (χ0) is 14.4. The molecule has 0 aliphatic carbocycles. The molecule has 1 fully saturated rings. The highest BCUT2D eigenvalue weighted by Gasteiger charge is 2.38. The lowest BCUT2D eigenvalue weighted by Gasteiger charge is -2.36. The maximum absolute atomic E-state index is 12.3. The second-order valence-electron chi connectivity index (χ2n) is 5.06. The Morgan fingerprint density at radius 1 is 1.32 bits per heavy atom.